The van der Waals surface area contributed by atoms with E-state index in [1.165, 1.54) is 0 Å². The van der Waals surface area contributed by atoms with Crippen LogP contribution in [0.3, 0.4) is 0 Å². The summed E-state index contributed by atoms with van der Waals surface area (Å²) >= 11 is 0. The molecule has 5 rings (SSSR count). The summed E-state index contributed by atoms with van der Waals surface area (Å²) in [6, 6.07) is 28.1. The molecule has 1 aliphatic heterocycles. The molecule has 4 aromatic rings. The highest BCUT2D eigenvalue weighted by Gasteiger charge is 2.20. The van der Waals surface area contributed by atoms with Gasteiger partial charge < -0.3 is 10.1 Å². The monoisotopic (exact) mass is 406 g/mol. The molecule has 3 aromatic carbocycles. The third-order valence-electron chi connectivity index (χ3n) is 5.64. The summed E-state index contributed by atoms with van der Waals surface area (Å²) < 4.78 is 5.90. The third kappa shape index (κ3) is 4.05. The van der Waals surface area contributed by atoms with Gasteiger partial charge >= 0.3 is 0 Å². The molecule has 2 heterocycles. The van der Waals surface area contributed by atoms with E-state index >= 15 is 0 Å². The van der Waals surface area contributed by atoms with Crippen molar-refractivity contribution in [2.75, 3.05) is 5.32 Å². The number of nitrogens with one attached hydrogen (secondary N) is 1. The molecule has 0 aliphatic carbocycles. The lowest BCUT2D eigenvalue weighted by Gasteiger charge is -2.21. The van der Waals surface area contributed by atoms with Gasteiger partial charge in [0.25, 0.3) is 0 Å². The van der Waals surface area contributed by atoms with Crippen molar-refractivity contribution in [3.63, 3.8) is 0 Å². The number of anilines is 1. The first-order chi connectivity index (χ1) is 15.3. The number of ether oxygens (including phenoxy) is 1. The number of hydrogen-bond donors (Lipinski definition) is 1. The largest absolute Gasteiger partial charge is 0.488 e. The minimum Gasteiger partial charge on any atom is -0.488 e. The van der Waals surface area contributed by atoms with Gasteiger partial charge in [0.2, 0.25) is 5.91 Å². The van der Waals surface area contributed by atoms with Gasteiger partial charge in [-0.25, -0.2) is 0 Å². The number of aromatic nitrogens is 1. The fraction of sp³-hybridized carbons (Fsp3) is 0.111. The van der Waals surface area contributed by atoms with Gasteiger partial charge in [-0.15, -0.1) is 0 Å². The van der Waals surface area contributed by atoms with Crippen LogP contribution in [-0.2, 0) is 11.4 Å². The van der Waals surface area contributed by atoms with Gasteiger partial charge in [-0.1, -0.05) is 60.7 Å². The number of amides is 1. The van der Waals surface area contributed by atoms with Crippen LogP contribution in [0.2, 0.25) is 0 Å². The molecule has 0 saturated carbocycles. The Labute approximate surface area is 181 Å². The number of hydrogen-bond acceptors (Lipinski definition) is 3. The van der Waals surface area contributed by atoms with Crippen molar-refractivity contribution in [1.29, 1.82) is 0 Å². The molecule has 0 radical (unpaired) electrons. The van der Waals surface area contributed by atoms with E-state index in [1.807, 2.05) is 66.9 Å². The summed E-state index contributed by atoms with van der Waals surface area (Å²) in [5.41, 5.74) is 6.21. The molecule has 1 amide bonds. The second kappa shape index (κ2) is 8.44. The van der Waals surface area contributed by atoms with Crippen LogP contribution in [0.1, 0.15) is 29.0 Å². The molecule has 1 aliphatic rings. The van der Waals surface area contributed by atoms with Crippen molar-refractivity contribution >= 4 is 11.6 Å². The first kappa shape index (κ1) is 19.1. The predicted octanol–water partition coefficient (Wildman–Crippen LogP) is 5.80. The average Bonchev–Trinajstić information content (AvgIpc) is 2.83. The number of carbonyl (C=O) groups is 1. The topological polar surface area (TPSA) is 51.2 Å². The van der Waals surface area contributed by atoms with Crippen molar-refractivity contribution < 1.29 is 9.53 Å². The molecule has 0 saturated heterocycles. The number of nitrogens with zero attached hydrogens (tertiary/aromatic N) is 1. The lowest BCUT2D eigenvalue weighted by atomic mass is 9.88. The average molecular weight is 406 g/mol. The highest BCUT2D eigenvalue weighted by atomic mass is 16.5. The van der Waals surface area contributed by atoms with Crippen LogP contribution in [0.25, 0.3) is 11.1 Å². The van der Waals surface area contributed by atoms with Gasteiger partial charge in [0, 0.05) is 47.6 Å². The summed E-state index contributed by atoms with van der Waals surface area (Å²) in [6.45, 7) is 0.484. The standard InChI is InChI=1S/C27H22N2O2/c30-27(16-25(19-7-3-1-4-8-19)20-9-5-2-6-10-20)29-22-11-12-24-23-13-14-28-17-21(23)18-31-26(24)15-22/h1-15,17,25H,16,18H2,(H,29,30). The Morgan fingerprint density at radius 3 is 2.32 bits per heavy atom. The Kier molecular flexibility index (Phi) is 5.19. The van der Waals surface area contributed by atoms with E-state index in [2.05, 4.69) is 34.6 Å². The number of rotatable bonds is 5. The van der Waals surface area contributed by atoms with E-state index in [9.17, 15) is 4.79 Å². The van der Waals surface area contributed by atoms with Gasteiger partial charge in [0.1, 0.15) is 12.4 Å². The lowest BCUT2D eigenvalue weighted by molar-refractivity contribution is -0.116. The van der Waals surface area contributed by atoms with Crippen LogP contribution in [0.5, 0.6) is 5.75 Å². The normalized spacial score (nSPS) is 11.9. The molecular formula is C27H22N2O2. The van der Waals surface area contributed by atoms with Crippen molar-refractivity contribution in [2.24, 2.45) is 0 Å². The highest BCUT2D eigenvalue weighted by Crippen LogP contribution is 2.38. The maximum absolute atomic E-state index is 13.0. The Bertz CT molecular complexity index is 1170. The Hall–Kier alpha value is -3.92. The molecule has 0 fully saturated rings. The highest BCUT2D eigenvalue weighted by molar-refractivity contribution is 5.92. The summed E-state index contributed by atoms with van der Waals surface area (Å²) in [5.74, 6) is 0.743. The fourth-order valence-electron chi connectivity index (χ4n) is 4.10. The molecule has 4 heteroatoms. The lowest BCUT2D eigenvalue weighted by Crippen LogP contribution is -2.17. The van der Waals surface area contributed by atoms with Crippen LogP contribution in [-0.4, -0.2) is 10.9 Å². The zero-order valence-electron chi connectivity index (χ0n) is 17.0. The van der Waals surface area contributed by atoms with Crippen molar-refractivity contribution in [3.05, 3.63) is 114 Å². The summed E-state index contributed by atoms with van der Waals surface area (Å²) in [4.78, 5) is 17.1. The quantitative estimate of drug-likeness (QED) is 0.456. The minimum atomic E-state index is -0.0296. The van der Waals surface area contributed by atoms with Crippen molar-refractivity contribution in [2.45, 2.75) is 18.9 Å². The van der Waals surface area contributed by atoms with E-state index in [-0.39, 0.29) is 11.8 Å². The fourth-order valence-corrected chi connectivity index (χ4v) is 4.10. The molecule has 0 atom stereocenters. The maximum Gasteiger partial charge on any atom is 0.225 e. The Morgan fingerprint density at radius 2 is 1.61 bits per heavy atom. The van der Waals surface area contributed by atoms with E-state index in [1.54, 1.807) is 6.20 Å². The van der Waals surface area contributed by atoms with Gasteiger partial charge in [-0.2, -0.15) is 0 Å². The van der Waals surface area contributed by atoms with Crippen LogP contribution < -0.4 is 10.1 Å². The molecule has 1 aromatic heterocycles. The van der Waals surface area contributed by atoms with E-state index in [4.69, 9.17) is 4.74 Å². The first-order valence-electron chi connectivity index (χ1n) is 10.4. The molecule has 0 spiro atoms. The Balaban J connectivity index is 1.36. The number of fused-ring (bicyclic) bond motifs is 3. The van der Waals surface area contributed by atoms with Crippen LogP contribution in [0, 0.1) is 0 Å². The van der Waals surface area contributed by atoms with Gasteiger partial charge in [-0.05, 0) is 34.9 Å². The first-order valence-corrected chi connectivity index (χ1v) is 10.4. The third-order valence-corrected chi connectivity index (χ3v) is 5.64. The number of carbonyl (C=O) groups excluding carboxylic acids is 1. The zero-order valence-corrected chi connectivity index (χ0v) is 17.0. The Morgan fingerprint density at radius 1 is 0.903 bits per heavy atom. The maximum atomic E-state index is 13.0. The molecular weight excluding hydrogens is 384 g/mol. The van der Waals surface area contributed by atoms with E-state index in [0.717, 1.165) is 39.3 Å². The smallest absolute Gasteiger partial charge is 0.225 e. The van der Waals surface area contributed by atoms with Gasteiger partial charge in [-0.3, -0.25) is 9.78 Å². The van der Waals surface area contributed by atoms with Gasteiger partial charge in [0.15, 0.2) is 0 Å². The number of pyridine rings is 1. The molecule has 1 N–H and O–H groups in total. The summed E-state index contributed by atoms with van der Waals surface area (Å²) in [7, 11) is 0. The van der Waals surface area contributed by atoms with E-state index in [0.29, 0.717) is 13.0 Å². The minimum absolute atomic E-state index is 0.00402. The predicted molar refractivity (Wildman–Crippen MR) is 122 cm³/mol. The molecule has 152 valence electrons. The molecule has 4 nitrogen and oxygen atoms in total. The van der Waals surface area contributed by atoms with Crippen LogP contribution >= 0.6 is 0 Å². The summed E-state index contributed by atoms with van der Waals surface area (Å²) in [5, 5.41) is 3.05. The van der Waals surface area contributed by atoms with Gasteiger partial charge in [0.05, 0.1) is 0 Å². The molecule has 0 bridgehead atoms. The molecule has 0 unspecified atom stereocenters. The van der Waals surface area contributed by atoms with Crippen molar-refractivity contribution in [1.82, 2.24) is 4.98 Å². The SMILES string of the molecule is O=C(CC(c1ccccc1)c1ccccc1)Nc1ccc2c(c1)OCc1cnccc1-2. The molecule has 31 heavy (non-hydrogen) atoms. The zero-order chi connectivity index (χ0) is 21.0. The van der Waals surface area contributed by atoms with E-state index < -0.39 is 0 Å². The number of benzene rings is 3. The van der Waals surface area contributed by atoms with Crippen molar-refractivity contribution in [3.8, 4) is 16.9 Å². The second-order valence-electron chi connectivity index (χ2n) is 7.66. The van der Waals surface area contributed by atoms with Crippen LogP contribution in [0.4, 0.5) is 5.69 Å². The van der Waals surface area contributed by atoms with Crippen LogP contribution in [0.15, 0.2) is 97.3 Å². The second-order valence-corrected chi connectivity index (χ2v) is 7.66. The summed E-state index contributed by atoms with van der Waals surface area (Å²) in [6.07, 6.45) is 3.98.